The molecule has 0 aromatic carbocycles. The third-order valence-corrected chi connectivity index (χ3v) is 3.46. The van der Waals surface area contributed by atoms with Gasteiger partial charge in [0.15, 0.2) is 0 Å². The molecule has 0 saturated heterocycles. The van der Waals surface area contributed by atoms with Crippen molar-refractivity contribution in [1.82, 2.24) is 4.98 Å². The highest BCUT2D eigenvalue weighted by Crippen LogP contribution is 2.27. The molecule has 1 N–H and O–H groups in total. The van der Waals surface area contributed by atoms with Crippen LogP contribution >= 0.6 is 11.8 Å². The first-order valence-corrected chi connectivity index (χ1v) is 5.75. The lowest BCUT2D eigenvalue weighted by Crippen LogP contribution is -2.15. The van der Waals surface area contributed by atoms with Crippen LogP contribution in [0.15, 0.2) is 17.3 Å². The minimum atomic E-state index is -0.479. The van der Waals surface area contributed by atoms with E-state index in [0.29, 0.717) is 10.6 Å². The molecule has 0 aliphatic carbocycles. The SMILES string of the molecule is Cc1cnc(SC(C)C(C)O)cc1[N+](=O)[O-]. The number of aliphatic hydroxyl groups excluding tert-OH is 1. The summed E-state index contributed by atoms with van der Waals surface area (Å²) in [5.74, 6) is 0. The molecule has 0 saturated carbocycles. The fourth-order valence-corrected chi connectivity index (χ4v) is 1.92. The van der Waals surface area contributed by atoms with Crippen molar-refractivity contribution < 1.29 is 10.0 Å². The molecule has 88 valence electrons. The van der Waals surface area contributed by atoms with Crippen LogP contribution in [0.2, 0.25) is 0 Å². The molecular weight excluding hydrogens is 228 g/mol. The minimum Gasteiger partial charge on any atom is -0.392 e. The largest absolute Gasteiger partial charge is 0.392 e. The van der Waals surface area contributed by atoms with Gasteiger partial charge in [-0.1, -0.05) is 6.92 Å². The summed E-state index contributed by atoms with van der Waals surface area (Å²) in [5, 5.41) is 20.6. The molecule has 16 heavy (non-hydrogen) atoms. The standard InChI is InChI=1S/C10H14N2O3S/c1-6-5-11-10(4-9(6)12(14)15)16-8(3)7(2)13/h4-5,7-8,13H,1-3H3. The van der Waals surface area contributed by atoms with Crippen molar-refractivity contribution >= 4 is 17.4 Å². The molecule has 6 heteroatoms. The van der Waals surface area contributed by atoms with E-state index in [1.54, 1.807) is 13.8 Å². The third kappa shape index (κ3) is 3.18. The van der Waals surface area contributed by atoms with Gasteiger partial charge in [0.25, 0.3) is 5.69 Å². The number of nitro groups is 1. The highest BCUT2D eigenvalue weighted by molar-refractivity contribution is 7.99. The van der Waals surface area contributed by atoms with Gasteiger partial charge in [-0.3, -0.25) is 10.1 Å². The molecule has 1 heterocycles. The molecule has 0 radical (unpaired) electrons. The Morgan fingerprint density at radius 3 is 2.69 bits per heavy atom. The molecule has 1 rings (SSSR count). The van der Waals surface area contributed by atoms with E-state index in [4.69, 9.17) is 0 Å². The van der Waals surface area contributed by atoms with Crippen molar-refractivity contribution in [2.45, 2.75) is 37.2 Å². The first kappa shape index (κ1) is 12.9. The van der Waals surface area contributed by atoms with E-state index in [9.17, 15) is 15.2 Å². The van der Waals surface area contributed by atoms with E-state index in [1.165, 1.54) is 24.0 Å². The second-order valence-corrected chi connectivity index (χ2v) is 5.03. The van der Waals surface area contributed by atoms with Crippen LogP contribution in [0.5, 0.6) is 0 Å². The Bertz CT molecular complexity index is 396. The van der Waals surface area contributed by atoms with Crippen molar-refractivity contribution in [1.29, 1.82) is 0 Å². The Balaban J connectivity index is 2.91. The van der Waals surface area contributed by atoms with Gasteiger partial charge in [-0.2, -0.15) is 0 Å². The lowest BCUT2D eigenvalue weighted by Gasteiger charge is -2.13. The van der Waals surface area contributed by atoms with Crippen molar-refractivity contribution in [3.05, 3.63) is 27.9 Å². The van der Waals surface area contributed by atoms with Crippen molar-refractivity contribution in [2.24, 2.45) is 0 Å². The topological polar surface area (TPSA) is 76.3 Å². The van der Waals surface area contributed by atoms with Crippen molar-refractivity contribution in [2.75, 3.05) is 0 Å². The number of thioether (sulfide) groups is 1. The second-order valence-electron chi connectivity index (χ2n) is 3.63. The maximum atomic E-state index is 10.7. The Hall–Kier alpha value is -1.14. The van der Waals surface area contributed by atoms with E-state index >= 15 is 0 Å². The molecule has 5 nitrogen and oxygen atoms in total. The lowest BCUT2D eigenvalue weighted by atomic mass is 10.3. The predicted octanol–water partition coefficient (Wildman–Crippen LogP) is 2.16. The van der Waals surface area contributed by atoms with Crippen molar-refractivity contribution in [3.8, 4) is 0 Å². The molecular formula is C10H14N2O3S. The zero-order chi connectivity index (χ0) is 12.3. The molecule has 2 unspecified atom stereocenters. The zero-order valence-corrected chi connectivity index (χ0v) is 10.2. The van der Waals surface area contributed by atoms with E-state index in [2.05, 4.69) is 4.98 Å². The molecule has 1 aromatic rings. The van der Waals surface area contributed by atoms with E-state index in [1.807, 2.05) is 6.92 Å². The number of rotatable bonds is 4. The smallest absolute Gasteiger partial charge is 0.276 e. The van der Waals surface area contributed by atoms with Gasteiger partial charge >= 0.3 is 0 Å². The van der Waals surface area contributed by atoms with Gasteiger partial charge in [-0.05, 0) is 13.8 Å². The first-order valence-electron chi connectivity index (χ1n) is 4.87. The number of aliphatic hydroxyl groups is 1. The minimum absolute atomic E-state index is 0.0465. The molecule has 0 spiro atoms. The van der Waals surface area contributed by atoms with Gasteiger partial charge in [0.05, 0.1) is 11.0 Å². The Morgan fingerprint density at radius 2 is 2.19 bits per heavy atom. The molecule has 0 fully saturated rings. The normalized spacial score (nSPS) is 14.5. The van der Waals surface area contributed by atoms with E-state index < -0.39 is 11.0 Å². The van der Waals surface area contributed by atoms with Crippen LogP contribution in [0.3, 0.4) is 0 Å². The Labute approximate surface area is 98.0 Å². The zero-order valence-electron chi connectivity index (χ0n) is 9.38. The van der Waals surface area contributed by atoms with E-state index in [-0.39, 0.29) is 10.9 Å². The third-order valence-electron chi connectivity index (χ3n) is 2.23. The number of hydrogen-bond acceptors (Lipinski definition) is 5. The number of aryl methyl sites for hydroxylation is 1. The number of pyridine rings is 1. The van der Waals surface area contributed by atoms with Crippen LogP contribution in [0.4, 0.5) is 5.69 Å². The Morgan fingerprint density at radius 1 is 1.56 bits per heavy atom. The molecule has 0 aliphatic heterocycles. The number of aromatic nitrogens is 1. The molecule has 1 aromatic heterocycles. The molecule has 0 bridgehead atoms. The van der Waals surface area contributed by atoms with Crippen molar-refractivity contribution in [3.63, 3.8) is 0 Å². The van der Waals surface area contributed by atoms with Crippen LogP contribution in [0.25, 0.3) is 0 Å². The average Bonchev–Trinajstić information content (AvgIpc) is 2.20. The van der Waals surface area contributed by atoms with Gasteiger partial charge in [-0.25, -0.2) is 4.98 Å². The van der Waals surface area contributed by atoms with Gasteiger partial charge in [0, 0.05) is 23.1 Å². The summed E-state index contributed by atoms with van der Waals surface area (Å²) in [5.41, 5.74) is 0.606. The van der Waals surface area contributed by atoms with Crippen LogP contribution in [0.1, 0.15) is 19.4 Å². The highest BCUT2D eigenvalue weighted by atomic mass is 32.2. The summed E-state index contributed by atoms with van der Waals surface area (Å²) < 4.78 is 0. The van der Waals surface area contributed by atoms with Crippen LogP contribution in [-0.4, -0.2) is 26.4 Å². The average molecular weight is 242 g/mol. The first-order chi connectivity index (χ1) is 7.41. The van der Waals surface area contributed by atoms with Crippen LogP contribution < -0.4 is 0 Å². The van der Waals surface area contributed by atoms with E-state index in [0.717, 1.165) is 0 Å². The fraction of sp³-hybridized carbons (Fsp3) is 0.500. The fourth-order valence-electron chi connectivity index (χ4n) is 1.04. The summed E-state index contributed by atoms with van der Waals surface area (Å²) in [6.45, 7) is 5.18. The predicted molar refractivity (Wildman–Crippen MR) is 62.6 cm³/mol. The summed E-state index contributed by atoms with van der Waals surface area (Å²) in [6, 6.07) is 1.44. The summed E-state index contributed by atoms with van der Waals surface area (Å²) >= 11 is 1.33. The number of nitrogens with zero attached hydrogens (tertiary/aromatic N) is 2. The monoisotopic (exact) mass is 242 g/mol. The van der Waals surface area contributed by atoms with Gasteiger partial charge in [0.2, 0.25) is 0 Å². The highest BCUT2D eigenvalue weighted by Gasteiger charge is 2.16. The van der Waals surface area contributed by atoms with Gasteiger partial charge < -0.3 is 5.11 Å². The summed E-state index contributed by atoms with van der Waals surface area (Å²) in [7, 11) is 0. The molecule has 0 amide bonds. The second kappa shape index (κ2) is 5.27. The van der Waals surface area contributed by atoms with Gasteiger partial charge in [-0.15, -0.1) is 11.8 Å². The Kier molecular flexibility index (Phi) is 4.26. The number of hydrogen-bond donors (Lipinski definition) is 1. The van der Waals surface area contributed by atoms with Gasteiger partial charge in [0.1, 0.15) is 5.03 Å². The molecule has 0 aliphatic rings. The van der Waals surface area contributed by atoms with Crippen LogP contribution in [-0.2, 0) is 0 Å². The lowest BCUT2D eigenvalue weighted by molar-refractivity contribution is -0.385. The molecule has 2 atom stereocenters. The van der Waals surface area contributed by atoms with Crippen LogP contribution in [0, 0.1) is 17.0 Å². The quantitative estimate of drug-likeness (QED) is 0.497. The maximum Gasteiger partial charge on any atom is 0.276 e. The summed E-state index contributed by atoms with van der Waals surface area (Å²) in [4.78, 5) is 14.4. The maximum absolute atomic E-state index is 10.7. The summed E-state index contributed by atoms with van der Waals surface area (Å²) in [6.07, 6.45) is 1.00.